The molecule has 2 aromatic rings. The fraction of sp³-hybridized carbons (Fsp3) is 0.316. The van der Waals surface area contributed by atoms with E-state index in [9.17, 15) is 26.4 Å². The highest BCUT2D eigenvalue weighted by atomic mass is 32.2. The number of halogens is 3. The third kappa shape index (κ3) is 4.88. The molecule has 10 heteroatoms. The first-order valence-electron chi connectivity index (χ1n) is 8.74. The third-order valence-corrected chi connectivity index (χ3v) is 6.09. The lowest BCUT2D eigenvalue weighted by Crippen LogP contribution is -2.31. The van der Waals surface area contributed by atoms with Crippen LogP contribution < -0.4 is 9.46 Å². The molecule has 1 atom stereocenters. The predicted molar refractivity (Wildman–Crippen MR) is 97.0 cm³/mol. The molecule has 156 valence electrons. The van der Waals surface area contributed by atoms with Crippen LogP contribution in [0.15, 0.2) is 47.4 Å². The first-order chi connectivity index (χ1) is 13.6. The SMILES string of the molecule is O=C(O)COc1cccc2c1CCCC2NS(=O)(=O)c1ccc(C(F)(F)F)cc1. The summed E-state index contributed by atoms with van der Waals surface area (Å²) in [6.07, 6.45) is -2.82. The van der Waals surface area contributed by atoms with Crippen LogP contribution in [-0.2, 0) is 27.4 Å². The van der Waals surface area contributed by atoms with E-state index in [4.69, 9.17) is 9.84 Å². The summed E-state index contributed by atoms with van der Waals surface area (Å²) in [7, 11) is -4.06. The number of ether oxygens (including phenoxy) is 1. The van der Waals surface area contributed by atoms with Crippen LogP contribution in [0.2, 0.25) is 0 Å². The minimum Gasteiger partial charge on any atom is -0.482 e. The van der Waals surface area contributed by atoms with Crippen molar-refractivity contribution < 1.29 is 36.2 Å². The van der Waals surface area contributed by atoms with Crippen molar-refractivity contribution in [2.75, 3.05) is 6.61 Å². The zero-order valence-corrected chi connectivity index (χ0v) is 15.9. The van der Waals surface area contributed by atoms with Gasteiger partial charge in [0, 0.05) is 6.04 Å². The molecule has 0 aromatic heterocycles. The van der Waals surface area contributed by atoms with Crippen LogP contribution in [0, 0.1) is 0 Å². The van der Waals surface area contributed by atoms with Gasteiger partial charge in [0.15, 0.2) is 6.61 Å². The quantitative estimate of drug-likeness (QED) is 0.733. The molecule has 0 bridgehead atoms. The van der Waals surface area contributed by atoms with Crippen molar-refractivity contribution in [2.24, 2.45) is 0 Å². The molecule has 2 N–H and O–H groups in total. The summed E-state index contributed by atoms with van der Waals surface area (Å²) in [5, 5.41) is 8.79. The number of hydrogen-bond donors (Lipinski definition) is 2. The Morgan fingerprint density at radius 3 is 2.48 bits per heavy atom. The minimum atomic E-state index is -4.55. The standard InChI is InChI=1S/C19H18F3NO5S/c20-19(21,22)12-7-9-13(10-8-12)29(26,27)23-16-5-1-4-15-14(16)3-2-6-17(15)28-11-18(24)25/h2-3,6-10,16,23H,1,4-5,11H2,(H,24,25). The summed E-state index contributed by atoms with van der Waals surface area (Å²) in [5.74, 6) is -0.749. The van der Waals surface area contributed by atoms with Gasteiger partial charge in [-0.2, -0.15) is 13.2 Å². The fourth-order valence-corrected chi connectivity index (χ4v) is 4.54. The lowest BCUT2D eigenvalue weighted by molar-refractivity contribution is -0.139. The first-order valence-corrected chi connectivity index (χ1v) is 10.2. The molecule has 1 unspecified atom stereocenters. The van der Waals surface area contributed by atoms with Crippen molar-refractivity contribution in [2.45, 2.75) is 36.4 Å². The molecule has 6 nitrogen and oxygen atoms in total. The second-order valence-electron chi connectivity index (χ2n) is 6.59. The van der Waals surface area contributed by atoms with Gasteiger partial charge in [-0.25, -0.2) is 17.9 Å². The normalized spacial score (nSPS) is 16.9. The number of carboxylic acids is 1. The number of nitrogens with one attached hydrogen (secondary N) is 1. The summed E-state index contributed by atoms with van der Waals surface area (Å²) < 4.78 is 71.2. The van der Waals surface area contributed by atoms with Gasteiger partial charge >= 0.3 is 12.1 Å². The van der Waals surface area contributed by atoms with Gasteiger partial charge in [-0.15, -0.1) is 0 Å². The van der Waals surface area contributed by atoms with Crippen molar-refractivity contribution in [3.8, 4) is 5.75 Å². The number of rotatable bonds is 6. The number of aliphatic carboxylic acids is 1. The van der Waals surface area contributed by atoms with Crippen molar-refractivity contribution in [3.63, 3.8) is 0 Å². The second kappa shape index (κ2) is 8.03. The highest BCUT2D eigenvalue weighted by Crippen LogP contribution is 2.36. The first kappa shape index (κ1) is 21.1. The van der Waals surface area contributed by atoms with Crippen LogP contribution in [0.1, 0.15) is 35.6 Å². The van der Waals surface area contributed by atoms with E-state index >= 15 is 0 Å². The Labute approximate surface area is 165 Å². The second-order valence-corrected chi connectivity index (χ2v) is 8.31. The van der Waals surface area contributed by atoms with Crippen molar-refractivity contribution in [1.29, 1.82) is 0 Å². The summed E-state index contributed by atoms with van der Waals surface area (Å²) in [5.41, 5.74) is 0.453. The number of alkyl halides is 3. The van der Waals surface area contributed by atoms with E-state index in [2.05, 4.69) is 4.72 Å². The highest BCUT2D eigenvalue weighted by molar-refractivity contribution is 7.89. The number of sulfonamides is 1. The van der Waals surface area contributed by atoms with Gasteiger partial charge in [0.05, 0.1) is 10.5 Å². The Hall–Kier alpha value is -2.59. The van der Waals surface area contributed by atoms with E-state index in [-0.39, 0.29) is 4.90 Å². The predicted octanol–water partition coefficient (Wildman–Crippen LogP) is 3.52. The Kier molecular flexibility index (Phi) is 5.85. The molecule has 1 aliphatic rings. The van der Waals surface area contributed by atoms with E-state index in [1.54, 1.807) is 18.2 Å². The molecule has 0 heterocycles. The number of benzene rings is 2. The monoisotopic (exact) mass is 429 g/mol. The van der Waals surface area contributed by atoms with Crippen molar-refractivity contribution in [1.82, 2.24) is 4.72 Å². The molecule has 0 fully saturated rings. The van der Waals surface area contributed by atoms with Gasteiger partial charge in [0.25, 0.3) is 0 Å². The van der Waals surface area contributed by atoms with Crippen LogP contribution in [0.4, 0.5) is 13.2 Å². The molecule has 2 aromatic carbocycles. The van der Waals surface area contributed by atoms with Crippen molar-refractivity contribution in [3.05, 3.63) is 59.2 Å². The van der Waals surface area contributed by atoms with E-state index in [0.29, 0.717) is 30.6 Å². The summed E-state index contributed by atoms with van der Waals surface area (Å²) in [4.78, 5) is 10.5. The van der Waals surface area contributed by atoms with Crippen LogP contribution in [0.5, 0.6) is 5.75 Å². The number of carboxylic acid groups (broad SMARTS) is 1. The van der Waals surface area contributed by atoms with Gasteiger partial charge in [0.2, 0.25) is 10.0 Å². The molecule has 0 spiro atoms. The Balaban J connectivity index is 1.84. The lowest BCUT2D eigenvalue weighted by Gasteiger charge is -2.27. The van der Waals surface area contributed by atoms with Gasteiger partial charge in [-0.1, -0.05) is 12.1 Å². The molecule has 0 saturated heterocycles. The van der Waals surface area contributed by atoms with Gasteiger partial charge < -0.3 is 9.84 Å². The molecule has 0 radical (unpaired) electrons. The van der Waals surface area contributed by atoms with Gasteiger partial charge in [-0.3, -0.25) is 0 Å². The van der Waals surface area contributed by atoms with Gasteiger partial charge in [0.1, 0.15) is 5.75 Å². The molecule has 0 amide bonds. The number of fused-ring (bicyclic) bond motifs is 1. The third-order valence-electron chi connectivity index (χ3n) is 4.60. The molecular weight excluding hydrogens is 411 g/mol. The maximum Gasteiger partial charge on any atom is 0.416 e. The maximum atomic E-state index is 12.7. The molecule has 0 saturated carbocycles. The van der Waals surface area contributed by atoms with E-state index < -0.39 is 40.4 Å². The Morgan fingerprint density at radius 2 is 1.86 bits per heavy atom. The van der Waals surface area contributed by atoms with Gasteiger partial charge in [-0.05, 0) is 60.7 Å². The average molecular weight is 429 g/mol. The summed E-state index contributed by atoms with van der Waals surface area (Å²) >= 11 is 0. The molecule has 29 heavy (non-hydrogen) atoms. The molecular formula is C19H18F3NO5S. The Morgan fingerprint density at radius 1 is 1.17 bits per heavy atom. The summed E-state index contributed by atoms with van der Waals surface area (Å²) in [6.45, 7) is -0.515. The molecule has 3 rings (SSSR count). The molecule has 1 aliphatic carbocycles. The van der Waals surface area contributed by atoms with Crippen LogP contribution in [0.25, 0.3) is 0 Å². The summed E-state index contributed by atoms with van der Waals surface area (Å²) in [6, 6.07) is 7.67. The van der Waals surface area contributed by atoms with E-state index in [1.807, 2.05) is 0 Å². The van der Waals surface area contributed by atoms with Crippen LogP contribution in [0.3, 0.4) is 0 Å². The maximum absolute atomic E-state index is 12.7. The lowest BCUT2D eigenvalue weighted by atomic mass is 9.87. The average Bonchev–Trinajstić information content (AvgIpc) is 2.66. The fourth-order valence-electron chi connectivity index (χ4n) is 3.29. The van der Waals surface area contributed by atoms with Crippen LogP contribution in [-0.4, -0.2) is 26.1 Å². The zero-order valence-electron chi connectivity index (χ0n) is 15.1. The topological polar surface area (TPSA) is 92.7 Å². The Bertz CT molecular complexity index is 1000. The molecule has 0 aliphatic heterocycles. The smallest absolute Gasteiger partial charge is 0.416 e. The highest BCUT2D eigenvalue weighted by Gasteiger charge is 2.31. The van der Waals surface area contributed by atoms with E-state index in [1.165, 1.54) is 0 Å². The number of hydrogen-bond acceptors (Lipinski definition) is 4. The largest absolute Gasteiger partial charge is 0.482 e. The van der Waals surface area contributed by atoms with E-state index in [0.717, 1.165) is 29.8 Å². The van der Waals surface area contributed by atoms with Crippen LogP contribution >= 0.6 is 0 Å². The minimum absolute atomic E-state index is 0.268. The number of carbonyl (C=O) groups is 1. The zero-order chi connectivity index (χ0) is 21.2. The van der Waals surface area contributed by atoms with Crippen molar-refractivity contribution >= 4 is 16.0 Å².